The lowest BCUT2D eigenvalue weighted by Crippen LogP contribution is -2.30. The number of nitrogens with one attached hydrogen (secondary N) is 1. The SMILES string of the molecule is CNC(C)c1ccc(S(=O)(=O)N(C)CCCN(C)C)cc1. The van der Waals surface area contributed by atoms with Crippen molar-refractivity contribution in [3.05, 3.63) is 29.8 Å². The number of nitrogens with zero attached hydrogens (tertiary/aromatic N) is 2. The largest absolute Gasteiger partial charge is 0.313 e. The lowest BCUT2D eigenvalue weighted by Gasteiger charge is -2.19. The molecule has 0 radical (unpaired) electrons. The van der Waals surface area contributed by atoms with Crippen LogP contribution in [-0.4, -0.2) is 58.9 Å². The van der Waals surface area contributed by atoms with E-state index in [1.165, 1.54) is 4.31 Å². The highest BCUT2D eigenvalue weighted by Crippen LogP contribution is 2.18. The van der Waals surface area contributed by atoms with Crippen molar-refractivity contribution >= 4 is 10.0 Å². The molecule has 21 heavy (non-hydrogen) atoms. The van der Waals surface area contributed by atoms with Crippen LogP contribution in [0.3, 0.4) is 0 Å². The molecule has 1 aromatic rings. The van der Waals surface area contributed by atoms with E-state index in [2.05, 4.69) is 5.32 Å². The van der Waals surface area contributed by atoms with Gasteiger partial charge in [0.15, 0.2) is 0 Å². The fraction of sp³-hybridized carbons (Fsp3) is 0.600. The number of rotatable bonds is 8. The van der Waals surface area contributed by atoms with Gasteiger partial charge >= 0.3 is 0 Å². The van der Waals surface area contributed by atoms with E-state index in [1.54, 1.807) is 19.2 Å². The van der Waals surface area contributed by atoms with Crippen molar-refractivity contribution in [1.29, 1.82) is 0 Å². The molecular weight excluding hydrogens is 286 g/mol. The summed E-state index contributed by atoms with van der Waals surface area (Å²) in [7, 11) is 4.09. The minimum atomic E-state index is -3.39. The van der Waals surface area contributed by atoms with Crippen LogP contribution >= 0.6 is 0 Å². The molecule has 0 amide bonds. The van der Waals surface area contributed by atoms with Crippen LogP contribution in [0.1, 0.15) is 24.9 Å². The van der Waals surface area contributed by atoms with Gasteiger partial charge in [0.25, 0.3) is 0 Å². The molecule has 5 nitrogen and oxygen atoms in total. The fourth-order valence-corrected chi connectivity index (χ4v) is 3.21. The molecular formula is C15H27N3O2S. The summed E-state index contributed by atoms with van der Waals surface area (Å²) in [6, 6.07) is 7.30. The molecule has 0 saturated heterocycles. The summed E-state index contributed by atoms with van der Waals surface area (Å²) in [5, 5.41) is 3.14. The normalized spacial score (nSPS) is 13.9. The lowest BCUT2D eigenvalue weighted by molar-refractivity contribution is 0.370. The lowest BCUT2D eigenvalue weighted by atomic mass is 10.1. The van der Waals surface area contributed by atoms with Gasteiger partial charge in [0, 0.05) is 19.6 Å². The van der Waals surface area contributed by atoms with Crippen molar-refractivity contribution in [3.8, 4) is 0 Å². The molecule has 0 fully saturated rings. The van der Waals surface area contributed by atoms with Gasteiger partial charge in [-0.15, -0.1) is 0 Å². The average molecular weight is 313 g/mol. The average Bonchev–Trinajstić information content (AvgIpc) is 2.46. The van der Waals surface area contributed by atoms with E-state index in [0.29, 0.717) is 11.4 Å². The first-order valence-corrected chi connectivity index (χ1v) is 8.61. The Morgan fingerprint density at radius 1 is 1.10 bits per heavy atom. The maximum Gasteiger partial charge on any atom is 0.242 e. The number of hydrogen-bond acceptors (Lipinski definition) is 4. The first-order valence-electron chi connectivity index (χ1n) is 7.17. The first kappa shape index (κ1) is 18.1. The molecule has 0 aliphatic heterocycles. The third-order valence-corrected chi connectivity index (χ3v) is 5.47. The Kier molecular flexibility index (Phi) is 6.80. The summed E-state index contributed by atoms with van der Waals surface area (Å²) in [5.41, 5.74) is 1.08. The summed E-state index contributed by atoms with van der Waals surface area (Å²) in [6.07, 6.45) is 0.817. The molecule has 1 unspecified atom stereocenters. The number of hydrogen-bond donors (Lipinski definition) is 1. The summed E-state index contributed by atoms with van der Waals surface area (Å²) in [4.78, 5) is 2.40. The van der Waals surface area contributed by atoms with Gasteiger partial charge in [0.2, 0.25) is 10.0 Å². The van der Waals surface area contributed by atoms with Crippen molar-refractivity contribution < 1.29 is 8.42 Å². The second kappa shape index (κ2) is 7.89. The molecule has 0 spiro atoms. The Labute approximate surface area is 129 Å². The summed E-state index contributed by atoms with van der Waals surface area (Å²) in [6.45, 7) is 3.44. The topological polar surface area (TPSA) is 52.7 Å². The monoisotopic (exact) mass is 313 g/mol. The predicted molar refractivity (Wildman–Crippen MR) is 86.9 cm³/mol. The Balaban J connectivity index is 2.77. The van der Waals surface area contributed by atoms with Gasteiger partial charge in [-0.25, -0.2) is 12.7 Å². The van der Waals surface area contributed by atoms with Crippen molar-refractivity contribution in [3.63, 3.8) is 0 Å². The van der Waals surface area contributed by atoms with E-state index in [9.17, 15) is 8.42 Å². The molecule has 0 aliphatic rings. The molecule has 0 aromatic heterocycles. The highest BCUT2D eigenvalue weighted by molar-refractivity contribution is 7.89. The van der Waals surface area contributed by atoms with Crippen molar-refractivity contribution in [2.24, 2.45) is 0 Å². The van der Waals surface area contributed by atoms with Crippen LogP contribution in [-0.2, 0) is 10.0 Å². The van der Waals surface area contributed by atoms with Gasteiger partial charge in [-0.1, -0.05) is 12.1 Å². The van der Waals surface area contributed by atoms with Gasteiger partial charge < -0.3 is 10.2 Å². The van der Waals surface area contributed by atoms with E-state index in [0.717, 1.165) is 18.5 Å². The van der Waals surface area contributed by atoms with Gasteiger partial charge in [-0.3, -0.25) is 0 Å². The summed E-state index contributed by atoms with van der Waals surface area (Å²) < 4.78 is 26.3. The first-order chi connectivity index (χ1) is 9.78. The molecule has 1 rings (SSSR count). The van der Waals surface area contributed by atoms with E-state index in [1.807, 2.05) is 45.1 Å². The highest BCUT2D eigenvalue weighted by Gasteiger charge is 2.20. The van der Waals surface area contributed by atoms with Crippen LogP contribution in [0.25, 0.3) is 0 Å². The van der Waals surface area contributed by atoms with Crippen LogP contribution in [0.4, 0.5) is 0 Å². The molecule has 0 saturated carbocycles. The van der Waals surface area contributed by atoms with Gasteiger partial charge in [-0.05, 0) is 58.7 Å². The van der Waals surface area contributed by atoms with Gasteiger partial charge in [-0.2, -0.15) is 0 Å². The number of sulfonamides is 1. The standard InChI is InChI=1S/C15H27N3O2S/c1-13(16-2)14-7-9-15(10-8-14)21(19,20)18(5)12-6-11-17(3)4/h7-10,13,16H,6,11-12H2,1-5H3. The van der Waals surface area contributed by atoms with E-state index in [-0.39, 0.29) is 6.04 Å². The minimum Gasteiger partial charge on any atom is -0.313 e. The summed E-state index contributed by atoms with van der Waals surface area (Å²) in [5.74, 6) is 0. The zero-order chi connectivity index (χ0) is 16.0. The van der Waals surface area contributed by atoms with Crippen LogP contribution in [0.15, 0.2) is 29.2 Å². The zero-order valence-electron chi connectivity index (χ0n) is 13.6. The maximum atomic E-state index is 12.5. The zero-order valence-corrected chi connectivity index (χ0v) is 14.4. The Morgan fingerprint density at radius 2 is 1.67 bits per heavy atom. The smallest absolute Gasteiger partial charge is 0.242 e. The molecule has 0 aliphatic carbocycles. The Bertz CT molecular complexity index is 526. The molecule has 6 heteroatoms. The van der Waals surface area contributed by atoms with E-state index in [4.69, 9.17) is 0 Å². The predicted octanol–water partition coefficient (Wildman–Crippen LogP) is 1.54. The van der Waals surface area contributed by atoms with Crippen LogP contribution in [0, 0.1) is 0 Å². The maximum absolute atomic E-state index is 12.5. The molecule has 1 aromatic carbocycles. The molecule has 0 bridgehead atoms. The molecule has 1 atom stereocenters. The van der Waals surface area contributed by atoms with Crippen molar-refractivity contribution in [1.82, 2.24) is 14.5 Å². The number of benzene rings is 1. The van der Waals surface area contributed by atoms with Gasteiger partial charge in [0.05, 0.1) is 4.90 Å². The fourth-order valence-electron chi connectivity index (χ4n) is 2.00. The highest BCUT2D eigenvalue weighted by atomic mass is 32.2. The Morgan fingerprint density at radius 3 is 2.14 bits per heavy atom. The van der Waals surface area contributed by atoms with Gasteiger partial charge in [0.1, 0.15) is 0 Å². The second-order valence-electron chi connectivity index (χ2n) is 5.56. The molecule has 0 heterocycles. The summed E-state index contributed by atoms with van der Waals surface area (Å²) >= 11 is 0. The molecule has 120 valence electrons. The van der Waals surface area contributed by atoms with Crippen LogP contribution in [0.5, 0.6) is 0 Å². The Hall–Kier alpha value is -0.950. The third-order valence-electron chi connectivity index (χ3n) is 3.60. The van der Waals surface area contributed by atoms with Crippen molar-refractivity contribution in [2.45, 2.75) is 24.3 Å². The van der Waals surface area contributed by atoms with E-state index < -0.39 is 10.0 Å². The molecule has 1 N–H and O–H groups in total. The van der Waals surface area contributed by atoms with Crippen LogP contribution in [0.2, 0.25) is 0 Å². The van der Waals surface area contributed by atoms with E-state index >= 15 is 0 Å². The van der Waals surface area contributed by atoms with Crippen molar-refractivity contribution in [2.75, 3.05) is 41.3 Å². The van der Waals surface area contributed by atoms with Crippen LogP contribution < -0.4 is 5.32 Å². The quantitative estimate of drug-likeness (QED) is 0.791. The minimum absolute atomic E-state index is 0.208. The second-order valence-corrected chi connectivity index (χ2v) is 7.61. The third kappa shape index (κ3) is 5.07.